The minimum atomic E-state index is 0.387. The third-order valence-electron chi connectivity index (χ3n) is 8.72. The molecule has 1 aliphatic carbocycles. The summed E-state index contributed by atoms with van der Waals surface area (Å²) in [6, 6.07) is 44.5. The zero-order valence-corrected chi connectivity index (χ0v) is 23.1. The Morgan fingerprint density at radius 1 is 0.500 bits per heavy atom. The molecule has 1 aliphatic rings. The molecule has 192 valence electrons. The molecule has 0 radical (unpaired) electrons. The van der Waals surface area contributed by atoms with Crippen molar-refractivity contribution in [1.29, 1.82) is 0 Å². The summed E-state index contributed by atoms with van der Waals surface area (Å²) in [6.07, 6.45) is 7.85. The van der Waals surface area contributed by atoms with Gasteiger partial charge in [0.05, 0.1) is 0 Å². The van der Waals surface area contributed by atoms with E-state index in [1.807, 2.05) is 0 Å². The topological polar surface area (TPSA) is 0 Å². The lowest BCUT2D eigenvalue weighted by Crippen LogP contribution is -2.04. The normalized spacial score (nSPS) is 14.9. The van der Waals surface area contributed by atoms with Crippen molar-refractivity contribution in [2.45, 2.75) is 26.2 Å². The summed E-state index contributed by atoms with van der Waals surface area (Å²) in [6.45, 7) is 4.57. The fraction of sp³-hybridized carbons (Fsp3) is 0.100. The van der Waals surface area contributed by atoms with Crippen molar-refractivity contribution in [3.63, 3.8) is 0 Å². The second-order valence-electron chi connectivity index (χ2n) is 10.9. The lowest BCUT2D eigenvalue weighted by molar-refractivity contribution is 0.874. The van der Waals surface area contributed by atoms with Gasteiger partial charge in [0.15, 0.2) is 0 Å². The summed E-state index contributed by atoms with van der Waals surface area (Å²) in [5.41, 5.74) is 11.9. The molecule has 6 aromatic carbocycles. The van der Waals surface area contributed by atoms with Crippen molar-refractivity contribution >= 4 is 27.1 Å². The molecule has 0 amide bonds. The standard InChI is InChI=1S/C40H32/c1-27-28(2)40-26-32(36-20-12-10-18-34(36)30-15-7-4-8-16-30)22-24-38(40)37-23-21-31(25-39(27)37)35-19-11-9-17-33(35)29-13-5-3-6-14-29/h3-17,19-26,34H,18H2,1-2H3. The summed E-state index contributed by atoms with van der Waals surface area (Å²) in [4.78, 5) is 0. The van der Waals surface area contributed by atoms with Crippen molar-refractivity contribution in [1.82, 2.24) is 0 Å². The van der Waals surface area contributed by atoms with Gasteiger partial charge < -0.3 is 0 Å². The zero-order chi connectivity index (χ0) is 27.1. The number of rotatable bonds is 4. The van der Waals surface area contributed by atoms with Gasteiger partial charge in [0, 0.05) is 5.92 Å². The maximum Gasteiger partial charge on any atom is 0.0130 e. The third kappa shape index (κ3) is 4.17. The molecule has 0 nitrogen and oxygen atoms in total. The lowest BCUT2D eigenvalue weighted by atomic mass is 9.81. The Morgan fingerprint density at radius 3 is 1.73 bits per heavy atom. The van der Waals surface area contributed by atoms with Crippen LogP contribution in [0.4, 0.5) is 0 Å². The first-order valence-electron chi connectivity index (χ1n) is 14.2. The molecule has 0 N–H and O–H groups in total. The van der Waals surface area contributed by atoms with E-state index in [4.69, 9.17) is 0 Å². The van der Waals surface area contributed by atoms with Gasteiger partial charge in [-0.25, -0.2) is 0 Å². The molecule has 0 fully saturated rings. The second kappa shape index (κ2) is 10.1. The van der Waals surface area contributed by atoms with Crippen LogP contribution in [0.1, 0.15) is 34.6 Å². The highest BCUT2D eigenvalue weighted by molar-refractivity contribution is 6.12. The van der Waals surface area contributed by atoms with Crippen LogP contribution in [0.3, 0.4) is 0 Å². The zero-order valence-electron chi connectivity index (χ0n) is 23.1. The Morgan fingerprint density at radius 2 is 1.05 bits per heavy atom. The van der Waals surface area contributed by atoms with Crippen molar-refractivity contribution in [2.24, 2.45) is 0 Å². The van der Waals surface area contributed by atoms with E-state index in [1.165, 1.54) is 71.6 Å². The van der Waals surface area contributed by atoms with Crippen LogP contribution in [0.15, 0.2) is 140 Å². The first-order valence-corrected chi connectivity index (χ1v) is 14.2. The maximum atomic E-state index is 2.43. The predicted molar refractivity (Wildman–Crippen MR) is 173 cm³/mol. The number of allylic oxidation sites excluding steroid dienone is 4. The Balaban J connectivity index is 1.36. The molecule has 0 aromatic heterocycles. The van der Waals surface area contributed by atoms with Crippen LogP contribution in [0.5, 0.6) is 0 Å². The summed E-state index contributed by atoms with van der Waals surface area (Å²) in [5.74, 6) is 0.387. The fourth-order valence-corrected chi connectivity index (χ4v) is 6.46. The number of hydrogen-bond acceptors (Lipinski definition) is 0. The Bertz CT molecular complexity index is 1920. The molecule has 1 atom stereocenters. The van der Waals surface area contributed by atoms with Crippen LogP contribution in [0.2, 0.25) is 0 Å². The van der Waals surface area contributed by atoms with Gasteiger partial charge in [-0.2, -0.15) is 0 Å². The van der Waals surface area contributed by atoms with Crippen LogP contribution in [-0.2, 0) is 0 Å². The summed E-state index contributed by atoms with van der Waals surface area (Å²) in [7, 11) is 0. The minimum absolute atomic E-state index is 0.387. The van der Waals surface area contributed by atoms with Gasteiger partial charge in [0.1, 0.15) is 0 Å². The number of aryl methyl sites for hydroxylation is 2. The molecular formula is C40H32. The fourth-order valence-electron chi connectivity index (χ4n) is 6.46. The predicted octanol–water partition coefficient (Wildman–Crippen LogP) is 11.1. The van der Waals surface area contributed by atoms with Gasteiger partial charge in [0.2, 0.25) is 0 Å². The molecule has 7 rings (SSSR count). The first kappa shape index (κ1) is 24.4. The molecule has 0 spiro atoms. The van der Waals surface area contributed by atoms with Crippen LogP contribution in [0.25, 0.3) is 49.4 Å². The van der Waals surface area contributed by atoms with Gasteiger partial charge in [0.25, 0.3) is 0 Å². The minimum Gasteiger partial charge on any atom is -0.0836 e. The summed E-state index contributed by atoms with van der Waals surface area (Å²) >= 11 is 0. The van der Waals surface area contributed by atoms with Crippen LogP contribution in [0, 0.1) is 13.8 Å². The average Bonchev–Trinajstić information content (AvgIpc) is 3.04. The molecule has 6 aromatic rings. The Kier molecular flexibility index (Phi) is 6.17. The Hall–Kier alpha value is -4.68. The highest BCUT2D eigenvalue weighted by atomic mass is 14.2. The van der Waals surface area contributed by atoms with Crippen molar-refractivity contribution in [2.75, 3.05) is 0 Å². The van der Waals surface area contributed by atoms with Crippen molar-refractivity contribution in [3.8, 4) is 22.3 Å². The highest BCUT2D eigenvalue weighted by Gasteiger charge is 2.20. The average molecular weight is 513 g/mol. The summed E-state index contributed by atoms with van der Waals surface area (Å²) in [5, 5.41) is 5.33. The van der Waals surface area contributed by atoms with Crippen molar-refractivity contribution < 1.29 is 0 Å². The molecule has 0 saturated heterocycles. The molecule has 0 bridgehead atoms. The van der Waals surface area contributed by atoms with Gasteiger partial charge >= 0.3 is 0 Å². The number of hydrogen-bond donors (Lipinski definition) is 0. The van der Waals surface area contributed by atoms with Gasteiger partial charge in [-0.3, -0.25) is 0 Å². The van der Waals surface area contributed by atoms with E-state index in [1.54, 1.807) is 0 Å². The van der Waals surface area contributed by atoms with Crippen LogP contribution >= 0.6 is 0 Å². The van der Waals surface area contributed by atoms with E-state index in [-0.39, 0.29) is 0 Å². The Labute approximate surface area is 237 Å². The molecule has 1 unspecified atom stereocenters. The van der Waals surface area contributed by atoms with Crippen LogP contribution in [-0.4, -0.2) is 0 Å². The molecule has 0 aliphatic heterocycles. The smallest absolute Gasteiger partial charge is 0.0130 e. The van der Waals surface area contributed by atoms with E-state index in [9.17, 15) is 0 Å². The van der Waals surface area contributed by atoms with E-state index in [0.717, 1.165) is 6.42 Å². The quantitative estimate of drug-likeness (QED) is 0.206. The number of benzene rings is 6. The van der Waals surface area contributed by atoms with E-state index in [2.05, 4.69) is 153 Å². The molecule has 0 saturated carbocycles. The van der Waals surface area contributed by atoms with Crippen LogP contribution < -0.4 is 0 Å². The summed E-state index contributed by atoms with van der Waals surface area (Å²) < 4.78 is 0. The lowest BCUT2D eigenvalue weighted by Gasteiger charge is -2.23. The largest absolute Gasteiger partial charge is 0.0836 e. The van der Waals surface area contributed by atoms with Gasteiger partial charge in [-0.15, -0.1) is 0 Å². The first-order chi connectivity index (χ1) is 19.7. The van der Waals surface area contributed by atoms with Gasteiger partial charge in [-0.1, -0.05) is 127 Å². The highest BCUT2D eigenvalue weighted by Crippen LogP contribution is 2.41. The van der Waals surface area contributed by atoms with E-state index in [0.29, 0.717) is 5.92 Å². The molecule has 0 heterocycles. The molecule has 40 heavy (non-hydrogen) atoms. The maximum absolute atomic E-state index is 2.43. The van der Waals surface area contributed by atoms with Gasteiger partial charge in [-0.05, 0) is 104 Å². The monoisotopic (exact) mass is 512 g/mol. The number of fused-ring (bicyclic) bond motifs is 3. The second-order valence-corrected chi connectivity index (χ2v) is 10.9. The third-order valence-corrected chi connectivity index (χ3v) is 8.72. The molecule has 0 heteroatoms. The molecular weight excluding hydrogens is 480 g/mol. The van der Waals surface area contributed by atoms with Crippen molar-refractivity contribution in [3.05, 3.63) is 162 Å². The van der Waals surface area contributed by atoms with E-state index >= 15 is 0 Å². The van der Waals surface area contributed by atoms with E-state index < -0.39 is 0 Å². The SMILES string of the molecule is Cc1c(C)c2cc(-c3ccccc3-c3ccccc3)ccc2c2ccc(C3=CC=CCC3c3ccccc3)cc12.